The van der Waals surface area contributed by atoms with Gasteiger partial charge in [0.1, 0.15) is 11.6 Å². The summed E-state index contributed by atoms with van der Waals surface area (Å²) >= 11 is 7.73. The molecule has 108 valence electrons. The second-order valence-electron chi connectivity index (χ2n) is 4.41. The number of rotatable bonds is 2. The van der Waals surface area contributed by atoms with E-state index in [0.717, 1.165) is 10.9 Å². The number of benzene rings is 1. The number of aromatic amines is 1. The van der Waals surface area contributed by atoms with E-state index in [1.165, 1.54) is 11.8 Å². The minimum Gasteiger partial charge on any atom is -0.300 e. The van der Waals surface area contributed by atoms with Crippen LogP contribution in [0.25, 0.3) is 22.2 Å². The molecule has 3 rings (SSSR count). The number of fused-ring (bicyclic) bond motifs is 1. The summed E-state index contributed by atoms with van der Waals surface area (Å²) in [4.78, 5) is 23.1. The summed E-state index contributed by atoms with van der Waals surface area (Å²) < 4.78 is 0. The SMILES string of the molecule is CSc1nc(-c2ccc3ncccc3c2Cl)c(C#N)c(=O)[nH]1. The highest BCUT2D eigenvalue weighted by Gasteiger charge is 2.17. The number of nitrogens with zero attached hydrogens (tertiary/aromatic N) is 3. The van der Waals surface area contributed by atoms with Crippen LogP contribution in [-0.4, -0.2) is 21.2 Å². The highest BCUT2D eigenvalue weighted by atomic mass is 35.5. The van der Waals surface area contributed by atoms with Crippen molar-refractivity contribution < 1.29 is 0 Å². The van der Waals surface area contributed by atoms with Gasteiger partial charge in [-0.25, -0.2) is 4.98 Å². The van der Waals surface area contributed by atoms with Crippen LogP contribution in [0.5, 0.6) is 0 Å². The molecular weight excluding hydrogens is 320 g/mol. The van der Waals surface area contributed by atoms with Crippen molar-refractivity contribution in [2.75, 3.05) is 6.26 Å². The van der Waals surface area contributed by atoms with Crippen molar-refractivity contribution >= 4 is 34.3 Å². The predicted octanol–water partition coefficient (Wildman–Crippen LogP) is 3.23. The smallest absolute Gasteiger partial charge is 0.270 e. The fraction of sp³-hybridized carbons (Fsp3) is 0.0667. The summed E-state index contributed by atoms with van der Waals surface area (Å²) in [5.74, 6) is 0. The second kappa shape index (κ2) is 5.79. The van der Waals surface area contributed by atoms with Crippen molar-refractivity contribution in [1.82, 2.24) is 15.0 Å². The first-order valence-corrected chi connectivity index (χ1v) is 7.88. The quantitative estimate of drug-likeness (QED) is 0.577. The van der Waals surface area contributed by atoms with Crippen molar-refractivity contribution in [3.05, 3.63) is 51.4 Å². The second-order valence-corrected chi connectivity index (χ2v) is 5.58. The Labute approximate surface area is 135 Å². The zero-order valence-corrected chi connectivity index (χ0v) is 13.0. The molecule has 3 aromatic rings. The molecule has 0 radical (unpaired) electrons. The number of aromatic nitrogens is 3. The van der Waals surface area contributed by atoms with Crippen LogP contribution in [0.3, 0.4) is 0 Å². The molecule has 0 aliphatic heterocycles. The molecule has 1 N–H and O–H groups in total. The van der Waals surface area contributed by atoms with E-state index in [-0.39, 0.29) is 11.3 Å². The maximum atomic E-state index is 12.0. The molecule has 0 saturated heterocycles. The van der Waals surface area contributed by atoms with Crippen LogP contribution in [0.15, 0.2) is 40.4 Å². The minimum absolute atomic E-state index is 0.0528. The molecule has 0 aliphatic rings. The monoisotopic (exact) mass is 328 g/mol. The summed E-state index contributed by atoms with van der Waals surface area (Å²) in [5.41, 5.74) is 1.04. The molecular formula is C15H9ClN4OS. The maximum Gasteiger partial charge on any atom is 0.270 e. The predicted molar refractivity (Wildman–Crippen MR) is 87.1 cm³/mol. The largest absolute Gasteiger partial charge is 0.300 e. The first-order chi connectivity index (χ1) is 10.7. The summed E-state index contributed by atoms with van der Waals surface area (Å²) in [7, 11) is 0. The summed E-state index contributed by atoms with van der Waals surface area (Å²) in [6, 6.07) is 9.03. The standard InChI is InChI=1S/C15H9ClN4OS/c1-22-15-19-13(10(7-17)14(21)20-15)9-4-5-11-8(12(9)16)3-2-6-18-11/h2-6H,1H3,(H,19,20,21). The lowest BCUT2D eigenvalue weighted by molar-refractivity contribution is 0.938. The van der Waals surface area contributed by atoms with Gasteiger partial charge in [0.05, 0.1) is 16.2 Å². The molecule has 0 saturated carbocycles. The molecule has 5 nitrogen and oxygen atoms in total. The van der Waals surface area contributed by atoms with Crippen LogP contribution in [0.1, 0.15) is 5.56 Å². The summed E-state index contributed by atoms with van der Waals surface area (Å²) in [6.07, 6.45) is 3.47. The van der Waals surface area contributed by atoms with Crippen LogP contribution in [0, 0.1) is 11.3 Å². The third-order valence-electron chi connectivity index (χ3n) is 3.18. The van der Waals surface area contributed by atoms with E-state index in [0.29, 0.717) is 15.7 Å². The van der Waals surface area contributed by atoms with Crippen LogP contribution in [0.2, 0.25) is 5.02 Å². The van der Waals surface area contributed by atoms with Crippen molar-refractivity contribution in [2.45, 2.75) is 5.16 Å². The molecule has 0 bridgehead atoms. The highest BCUT2D eigenvalue weighted by molar-refractivity contribution is 7.98. The van der Waals surface area contributed by atoms with E-state index in [9.17, 15) is 10.1 Å². The number of pyridine rings is 1. The number of halogens is 1. The van der Waals surface area contributed by atoms with Crippen LogP contribution in [0.4, 0.5) is 0 Å². The molecule has 0 amide bonds. The van der Waals surface area contributed by atoms with E-state index < -0.39 is 5.56 Å². The summed E-state index contributed by atoms with van der Waals surface area (Å²) in [6.45, 7) is 0. The van der Waals surface area contributed by atoms with Crippen molar-refractivity contribution in [2.24, 2.45) is 0 Å². The van der Waals surface area contributed by atoms with Gasteiger partial charge in [0.2, 0.25) is 0 Å². The fourth-order valence-electron chi connectivity index (χ4n) is 2.15. The number of nitriles is 1. The van der Waals surface area contributed by atoms with E-state index in [2.05, 4.69) is 15.0 Å². The fourth-order valence-corrected chi connectivity index (χ4v) is 2.84. The molecule has 0 atom stereocenters. The maximum absolute atomic E-state index is 12.0. The highest BCUT2D eigenvalue weighted by Crippen LogP contribution is 2.33. The lowest BCUT2D eigenvalue weighted by atomic mass is 10.0. The van der Waals surface area contributed by atoms with Gasteiger partial charge in [-0.2, -0.15) is 5.26 Å². The Kier molecular flexibility index (Phi) is 3.84. The molecule has 1 aromatic carbocycles. The number of nitrogens with one attached hydrogen (secondary N) is 1. The van der Waals surface area contributed by atoms with Gasteiger partial charge in [-0.15, -0.1) is 0 Å². The average Bonchev–Trinajstić information content (AvgIpc) is 2.54. The average molecular weight is 329 g/mol. The molecule has 2 aromatic heterocycles. The normalized spacial score (nSPS) is 10.6. The summed E-state index contributed by atoms with van der Waals surface area (Å²) in [5, 5.41) is 10.9. The van der Waals surface area contributed by atoms with Gasteiger partial charge in [-0.1, -0.05) is 23.4 Å². The Bertz CT molecular complexity index is 977. The van der Waals surface area contributed by atoms with E-state index in [4.69, 9.17) is 11.6 Å². The first-order valence-electron chi connectivity index (χ1n) is 6.27. The van der Waals surface area contributed by atoms with Gasteiger partial charge in [-0.3, -0.25) is 9.78 Å². The number of thioether (sulfide) groups is 1. The van der Waals surface area contributed by atoms with Gasteiger partial charge in [-0.05, 0) is 30.5 Å². The van der Waals surface area contributed by atoms with Crippen molar-refractivity contribution in [1.29, 1.82) is 5.26 Å². The Morgan fingerprint density at radius 1 is 1.36 bits per heavy atom. The molecule has 22 heavy (non-hydrogen) atoms. The Morgan fingerprint density at radius 3 is 2.91 bits per heavy atom. The molecule has 7 heteroatoms. The molecule has 0 fully saturated rings. The lowest BCUT2D eigenvalue weighted by Crippen LogP contribution is -2.14. The minimum atomic E-state index is -0.473. The Hall–Kier alpha value is -2.36. The van der Waals surface area contributed by atoms with Crippen LogP contribution < -0.4 is 5.56 Å². The third kappa shape index (κ3) is 2.34. The third-order valence-corrected chi connectivity index (χ3v) is 4.16. The molecule has 0 spiro atoms. The van der Waals surface area contributed by atoms with Gasteiger partial charge >= 0.3 is 0 Å². The van der Waals surface area contributed by atoms with Crippen molar-refractivity contribution in [3.8, 4) is 17.3 Å². The molecule has 0 unspecified atom stereocenters. The zero-order valence-electron chi connectivity index (χ0n) is 11.4. The first kappa shape index (κ1) is 14.6. The number of H-pyrrole nitrogens is 1. The van der Waals surface area contributed by atoms with Gasteiger partial charge in [0.25, 0.3) is 5.56 Å². The van der Waals surface area contributed by atoms with Crippen LogP contribution in [-0.2, 0) is 0 Å². The molecule has 2 heterocycles. The Balaban J connectivity index is 2.37. The number of hydrogen-bond donors (Lipinski definition) is 1. The van der Waals surface area contributed by atoms with Crippen LogP contribution >= 0.6 is 23.4 Å². The molecule has 0 aliphatic carbocycles. The number of hydrogen-bond acceptors (Lipinski definition) is 5. The van der Waals surface area contributed by atoms with Gasteiger partial charge < -0.3 is 4.98 Å². The van der Waals surface area contributed by atoms with E-state index >= 15 is 0 Å². The van der Waals surface area contributed by atoms with Gasteiger partial charge in [0, 0.05) is 17.1 Å². The van der Waals surface area contributed by atoms with Gasteiger partial charge in [0.15, 0.2) is 5.16 Å². The van der Waals surface area contributed by atoms with Crippen molar-refractivity contribution in [3.63, 3.8) is 0 Å². The zero-order chi connectivity index (χ0) is 15.7. The Morgan fingerprint density at radius 2 is 2.18 bits per heavy atom. The lowest BCUT2D eigenvalue weighted by Gasteiger charge is -2.09. The van der Waals surface area contributed by atoms with E-state index in [1.807, 2.05) is 12.1 Å². The van der Waals surface area contributed by atoms with E-state index in [1.54, 1.807) is 30.7 Å². The topological polar surface area (TPSA) is 82.4 Å².